The molecule has 0 saturated heterocycles. The minimum atomic E-state index is -1.74. The molecule has 0 aromatic heterocycles. The lowest BCUT2D eigenvalue weighted by molar-refractivity contribution is 0.236. The van der Waals surface area contributed by atoms with E-state index in [9.17, 15) is 4.21 Å². The van der Waals surface area contributed by atoms with E-state index < -0.39 is 11.4 Å². The molecular formula is C18H22O3S. The van der Waals surface area contributed by atoms with E-state index in [1.54, 1.807) is 0 Å². The van der Waals surface area contributed by atoms with Crippen LogP contribution in [0.2, 0.25) is 0 Å². The molecule has 2 aromatic rings. The van der Waals surface area contributed by atoms with Crippen molar-refractivity contribution in [1.29, 1.82) is 0 Å². The topological polar surface area (TPSA) is 35.5 Å². The van der Waals surface area contributed by atoms with Gasteiger partial charge in [0.1, 0.15) is 0 Å². The van der Waals surface area contributed by atoms with E-state index >= 15 is 0 Å². The first-order chi connectivity index (χ1) is 10.7. The predicted molar refractivity (Wildman–Crippen MR) is 89.4 cm³/mol. The van der Waals surface area contributed by atoms with E-state index in [0.717, 1.165) is 24.0 Å². The summed E-state index contributed by atoms with van der Waals surface area (Å²) in [5, 5.41) is 0. The molecule has 4 heteroatoms. The molecule has 0 heterocycles. The Bertz CT molecular complexity index is 572. The number of rotatable bonds is 8. The summed E-state index contributed by atoms with van der Waals surface area (Å²) in [6.45, 7) is 4.78. The van der Waals surface area contributed by atoms with Gasteiger partial charge in [0.15, 0.2) is 0 Å². The Morgan fingerprint density at radius 1 is 0.727 bits per heavy atom. The van der Waals surface area contributed by atoms with Crippen LogP contribution in [0.25, 0.3) is 0 Å². The molecule has 0 atom stereocenters. The highest BCUT2D eigenvalue weighted by atomic mass is 32.2. The molecule has 0 aliphatic carbocycles. The lowest BCUT2D eigenvalue weighted by Gasteiger charge is -2.09. The van der Waals surface area contributed by atoms with Crippen molar-refractivity contribution in [3.63, 3.8) is 0 Å². The lowest BCUT2D eigenvalue weighted by atomic mass is 10.1. The first-order valence-corrected chi connectivity index (χ1v) is 8.56. The van der Waals surface area contributed by atoms with E-state index in [1.807, 2.05) is 36.4 Å². The number of hydrogen-bond acceptors (Lipinski definition) is 3. The minimum Gasteiger partial charge on any atom is -0.264 e. The highest BCUT2D eigenvalue weighted by Crippen LogP contribution is 2.14. The zero-order valence-electron chi connectivity index (χ0n) is 13.1. The zero-order chi connectivity index (χ0) is 15.8. The van der Waals surface area contributed by atoms with Crippen LogP contribution in [0.3, 0.4) is 0 Å². The van der Waals surface area contributed by atoms with Crippen LogP contribution in [0, 0.1) is 0 Å². The first-order valence-electron chi connectivity index (χ1n) is 7.56. The van der Waals surface area contributed by atoms with Gasteiger partial charge >= 0.3 is 11.4 Å². The van der Waals surface area contributed by atoms with Gasteiger partial charge in [-0.25, -0.2) is 0 Å². The maximum atomic E-state index is 11.9. The van der Waals surface area contributed by atoms with Crippen molar-refractivity contribution in [2.45, 2.75) is 39.9 Å². The fraction of sp³-hybridized carbons (Fsp3) is 0.333. The Labute approximate surface area is 135 Å². The van der Waals surface area contributed by atoms with E-state index in [-0.39, 0.29) is 0 Å². The lowest BCUT2D eigenvalue weighted by Crippen LogP contribution is -2.05. The average molecular weight is 318 g/mol. The summed E-state index contributed by atoms with van der Waals surface area (Å²) in [4.78, 5) is 0. The van der Waals surface area contributed by atoms with Crippen molar-refractivity contribution in [2.75, 3.05) is 0 Å². The molecule has 0 aliphatic heterocycles. The molecule has 0 N–H and O–H groups in total. The summed E-state index contributed by atoms with van der Waals surface area (Å²) in [6.07, 6.45) is 1.85. The van der Waals surface area contributed by atoms with Crippen LogP contribution in [0.4, 0.5) is 0 Å². The third kappa shape index (κ3) is 4.77. The van der Waals surface area contributed by atoms with Crippen molar-refractivity contribution < 1.29 is 12.6 Å². The van der Waals surface area contributed by atoms with Crippen molar-refractivity contribution in [1.82, 2.24) is 0 Å². The van der Waals surface area contributed by atoms with Crippen molar-refractivity contribution >= 4 is 11.4 Å². The van der Waals surface area contributed by atoms with Crippen LogP contribution in [-0.4, -0.2) is 4.21 Å². The van der Waals surface area contributed by atoms with Gasteiger partial charge in [0, 0.05) is 0 Å². The van der Waals surface area contributed by atoms with Gasteiger partial charge < -0.3 is 0 Å². The van der Waals surface area contributed by atoms with Gasteiger partial charge in [0.25, 0.3) is 0 Å². The molecule has 22 heavy (non-hydrogen) atoms. The normalized spacial score (nSPS) is 11.0. The summed E-state index contributed by atoms with van der Waals surface area (Å²) in [7, 11) is 0. The zero-order valence-corrected chi connectivity index (χ0v) is 13.9. The Kier molecular flexibility index (Phi) is 6.77. The highest BCUT2D eigenvalue weighted by Gasteiger charge is 2.07. The van der Waals surface area contributed by atoms with E-state index in [4.69, 9.17) is 8.37 Å². The van der Waals surface area contributed by atoms with Crippen LogP contribution in [0.1, 0.15) is 36.1 Å². The molecule has 0 spiro atoms. The molecule has 0 amide bonds. The monoisotopic (exact) mass is 318 g/mol. The van der Waals surface area contributed by atoms with Crippen molar-refractivity contribution in [3.05, 3.63) is 70.8 Å². The second kappa shape index (κ2) is 8.83. The molecule has 0 aliphatic rings. The maximum absolute atomic E-state index is 11.9. The standard InChI is InChI=1S/C18H22O3S/c1-3-15-9-5-7-11-17(15)13-20-22(19)21-14-18-12-8-6-10-16(18)4-2/h5-12H,3-4,13-14H2,1-2H3. The minimum absolute atomic E-state index is 0.298. The molecule has 0 radical (unpaired) electrons. The summed E-state index contributed by atoms with van der Waals surface area (Å²) >= 11 is -1.74. The molecule has 0 saturated carbocycles. The predicted octanol–water partition coefficient (Wildman–Crippen LogP) is 4.12. The second-order valence-corrected chi connectivity index (χ2v) is 5.85. The SMILES string of the molecule is CCc1ccccc1COS(=O)OCc1ccccc1CC. The number of aryl methyl sites for hydroxylation is 2. The molecule has 2 aromatic carbocycles. The van der Waals surface area contributed by atoms with E-state index in [1.165, 1.54) is 11.1 Å². The van der Waals surface area contributed by atoms with Gasteiger partial charge in [0.05, 0.1) is 13.2 Å². The quantitative estimate of drug-likeness (QED) is 0.734. The third-order valence-electron chi connectivity index (χ3n) is 3.62. The molecule has 0 fully saturated rings. The third-order valence-corrected chi connectivity index (χ3v) is 4.24. The Morgan fingerprint density at radius 3 is 1.45 bits per heavy atom. The van der Waals surface area contributed by atoms with E-state index in [0.29, 0.717) is 13.2 Å². The van der Waals surface area contributed by atoms with Gasteiger partial charge in [-0.3, -0.25) is 8.37 Å². The Balaban J connectivity index is 1.86. The Morgan fingerprint density at radius 2 is 1.09 bits per heavy atom. The molecule has 2 rings (SSSR count). The van der Waals surface area contributed by atoms with Gasteiger partial charge in [-0.2, -0.15) is 4.21 Å². The Hall–Kier alpha value is -1.49. The van der Waals surface area contributed by atoms with Crippen LogP contribution < -0.4 is 0 Å². The fourth-order valence-electron chi connectivity index (χ4n) is 2.34. The van der Waals surface area contributed by atoms with E-state index in [2.05, 4.69) is 26.0 Å². The van der Waals surface area contributed by atoms with Crippen LogP contribution in [0.15, 0.2) is 48.5 Å². The smallest absolute Gasteiger partial charge is 0.264 e. The maximum Gasteiger partial charge on any atom is 0.305 e. The van der Waals surface area contributed by atoms with Crippen LogP contribution >= 0.6 is 0 Å². The summed E-state index contributed by atoms with van der Waals surface area (Å²) in [5.41, 5.74) is 4.51. The molecule has 0 bridgehead atoms. The number of benzene rings is 2. The van der Waals surface area contributed by atoms with Gasteiger partial charge in [0.2, 0.25) is 0 Å². The van der Waals surface area contributed by atoms with Gasteiger partial charge in [-0.1, -0.05) is 62.4 Å². The number of hydrogen-bond donors (Lipinski definition) is 0. The average Bonchev–Trinajstić information content (AvgIpc) is 2.58. The largest absolute Gasteiger partial charge is 0.305 e. The second-order valence-electron chi connectivity index (χ2n) is 4.97. The van der Waals surface area contributed by atoms with Crippen LogP contribution in [0.5, 0.6) is 0 Å². The first kappa shape index (κ1) is 16.9. The summed E-state index contributed by atoms with van der Waals surface area (Å²) in [6, 6.07) is 16.0. The summed E-state index contributed by atoms with van der Waals surface area (Å²) < 4.78 is 22.5. The molecular weight excluding hydrogens is 296 g/mol. The van der Waals surface area contributed by atoms with Crippen molar-refractivity contribution in [2.24, 2.45) is 0 Å². The van der Waals surface area contributed by atoms with Gasteiger partial charge in [-0.05, 0) is 35.1 Å². The summed E-state index contributed by atoms with van der Waals surface area (Å²) in [5.74, 6) is 0. The van der Waals surface area contributed by atoms with Crippen LogP contribution in [-0.2, 0) is 45.8 Å². The highest BCUT2D eigenvalue weighted by molar-refractivity contribution is 7.75. The van der Waals surface area contributed by atoms with Crippen molar-refractivity contribution in [3.8, 4) is 0 Å². The van der Waals surface area contributed by atoms with Gasteiger partial charge in [-0.15, -0.1) is 0 Å². The molecule has 0 unspecified atom stereocenters. The molecule has 3 nitrogen and oxygen atoms in total. The molecule has 118 valence electrons. The fourth-order valence-corrected chi connectivity index (χ4v) is 2.86.